The minimum Gasteiger partial charge on any atom is -0.324 e. The Morgan fingerprint density at radius 1 is 1.38 bits per heavy atom. The normalized spacial score (nSPS) is 12.6. The lowest BCUT2D eigenvalue weighted by Crippen LogP contribution is -2.07. The van der Waals surface area contributed by atoms with Gasteiger partial charge in [0, 0.05) is 22.5 Å². The van der Waals surface area contributed by atoms with E-state index in [2.05, 4.69) is 36.2 Å². The number of rotatable bonds is 4. The Morgan fingerprint density at radius 3 is 2.69 bits per heavy atom. The Balaban J connectivity index is 2.07. The highest BCUT2D eigenvalue weighted by Gasteiger charge is 2.04. The smallest absolute Gasteiger partial charge is 0.154 e. The van der Waals surface area contributed by atoms with Crippen molar-refractivity contribution in [3.8, 4) is 0 Å². The van der Waals surface area contributed by atoms with Crippen molar-refractivity contribution in [2.24, 2.45) is 5.73 Å². The van der Waals surface area contributed by atoms with Crippen molar-refractivity contribution in [1.29, 1.82) is 0 Å². The molecule has 0 saturated heterocycles. The monoisotopic (exact) mass is 250 g/mol. The molecule has 2 aromatic rings. The fourth-order valence-corrected chi connectivity index (χ4v) is 2.98. The predicted molar refractivity (Wildman–Crippen MR) is 69.9 cm³/mol. The molecular weight excluding hydrogens is 236 g/mol. The van der Waals surface area contributed by atoms with Gasteiger partial charge in [-0.05, 0) is 24.1 Å². The summed E-state index contributed by atoms with van der Waals surface area (Å²) in [5.74, 6) is 0. The first-order valence-electron chi connectivity index (χ1n) is 5.22. The first kappa shape index (κ1) is 11.6. The standard InChI is InChI=1S/C12H14N2S2/c1-2-11(13)9-3-5-10(6-4-9)16-12-14-7-8-15-12/h3-8,11H,2,13H2,1H3. The maximum Gasteiger partial charge on any atom is 0.154 e. The predicted octanol–water partition coefficient (Wildman–Crippen LogP) is 3.70. The molecule has 1 unspecified atom stereocenters. The van der Waals surface area contributed by atoms with Crippen LogP contribution in [0.15, 0.2) is 45.1 Å². The van der Waals surface area contributed by atoms with Gasteiger partial charge in [0.25, 0.3) is 0 Å². The molecular formula is C12H14N2S2. The number of aromatic nitrogens is 1. The van der Waals surface area contributed by atoms with Crippen molar-refractivity contribution in [2.75, 3.05) is 0 Å². The molecule has 1 atom stereocenters. The summed E-state index contributed by atoms with van der Waals surface area (Å²) >= 11 is 3.35. The minimum absolute atomic E-state index is 0.152. The van der Waals surface area contributed by atoms with Crippen LogP contribution in [0.2, 0.25) is 0 Å². The van der Waals surface area contributed by atoms with Crippen molar-refractivity contribution >= 4 is 23.1 Å². The van der Waals surface area contributed by atoms with Crippen molar-refractivity contribution in [1.82, 2.24) is 4.98 Å². The summed E-state index contributed by atoms with van der Waals surface area (Å²) in [6.45, 7) is 2.10. The van der Waals surface area contributed by atoms with E-state index in [-0.39, 0.29) is 6.04 Å². The Labute approximate surface area is 104 Å². The Hall–Kier alpha value is -0.840. The molecule has 1 aromatic carbocycles. The number of thiazole rings is 1. The molecule has 0 aliphatic carbocycles. The molecule has 0 fully saturated rings. The Bertz CT molecular complexity index is 423. The summed E-state index contributed by atoms with van der Waals surface area (Å²) in [6.07, 6.45) is 2.80. The van der Waals surface area contributed by atoms with Crippen molar-refractivity contribution in [3.63, 3.8) is 0 Å². The van der Waals surface area contributed by atoms with Gasteiger partial charge in [0.2, 0.25) is 0 Å². The summed E-state index contributed by atoms with van der Waals surface area (Å²) < 4.78 is 1.08. The van der Waals surface area contributed by atoms with E-state index in [0.717, 1.165) is 10.8 Å². The SMILES string of the molecule is CCC(N)c1ccc(Sc2nccs2)cc1. The summed E-state index contributed by atoms with van der Waals surface area (Å²) in [5.41, 5.74) is 7.16. The average Bonchev–Trinajstić information content (AvgIpc) is 2.82. The van der Waals surface area contributed by atoms with Gasteiger partial charge in [-0.15, -0.1) is 11.3 Å². The molecule has 16 heavy (non-hydrogen) atoms. The molecule has 4 heteroatoms. The van der Waals surface area contributed by atoms with E-state index in [1.54, 1.807) is 23.1 Å². The fraction of sp³-hybridized carbons (Fsp3) is 0.250. The lowest BCUT2D eigenvalue weighted by Gasteiger charge is -2.09. The van der Waals surface area contributed by atoms with Crippen LogP contribution in [0.4, 0.5) is 0 Å². The topological polar surface area (TPSA) is 38.9 Å². The van der Waals surface area contributed by atoms with Crippen LogP contribution in [0.5, 0.6) is 0 Å². The molecule has 2 N–H and O–H groups in total. The van der Waals surface area contributed by atoms with E-state index in [1.165, 1.54) is 10.5 Å². The van der Waals surface area contributed by atoms with Gasteiger partial charge in [-0.1, -0.05) is 30.8 Å². The Morgan fingerprint density at radius 2 is 2.12 bits per heavy atom. The molecule has 2 rings (SSSR count). The summed E-state index contributed by atoms with van der Waals surface area (Å²) in [5, 5.41) is 1.99. The Kier molecular flexibility index (Phi) is 3.98. The lowest BCUT2D eigenvalue weighted by atomic mass is 10.1. The lowest BCUT2D eigenvalue weighted by molar-refractivity contribution is 0.698. The van der Waals surface area contributed by atoms with E-state index >= 15 is 0 Å². The van der Waals surface area contributed by atoms with Crippen LogP contribution in [0.25, 0.3) is 0 Å². The fourth-order valence-electron chi connectivity index (χ4n) is 1.38. The maximum absolute atomic E-state index is 5.96. The first-order chi connectivity index (χ1) is 7.79. The molecule has 1 heterocycles. The summed E-state index contributed by atoms with van der Waals surface area (Å²) in [7, 11) is 0. The highest BCUT2D eigenvalue weighted by atomic mass is 32.2. The van der Waals surface area contributed by atoms with Gasteiger partial charge < -0.3 is 5.73 Å². The zero-order chi connectivity index (χ0) is 11.4. The average molecular weight is 250 g/mol. The first-order valence-corrected chi connectivity index (χ1v) is 6.92. The molecule has 0 spiro atoms. The third kappa shape index (κ3) is 2.84. The number of hydrogen-bond acceptors (Lipinski definition) is 4. The van der Waals surface area contributed by atoms with Crippen LogP contribution in [0.1, 0.15) is 24.9 Å². The molecule has 0 bridgehead atoms. The van der Waals surface area contributed by atoms with Gasteiger partial charge >= 0.3 is 0 Å². The largest absolute Gasteiger partial charge is 0.324 e. The zero-order valence-electron chi connectivity index (χ0n) is 9.09. The van der Waals surface area contributed by atoms with Gasteiger partial charge in [0.05, 0.1) is 0 Å². The van der Waals surface area contributed by atoms with Crippen LogP contribution in [0.3, 0.4) is 0 Å². The molecule has 0 radical (unpaired) electrons. The number of nitrogens with two attached hydrogens (primary N) is 1. The van der Waals surface area contributed by atoms with Crippen LogP contribution in [-0.2, 0) is 0 Å². The maximum atomic E-state index is 5.96. The summed E-state index contributed by atoms with van der Waals surface area (Å²) in [4.78, 5) is 5.45. The van der Waals surface area contributed by atoms with Crippen LogP contribution < -0.4 is 5.73 Å². The molecule has 0 aliphatic heterocycles. The number of nitrogens with zero attached hydrogens (tertiary/aromatic N) is 1. The van der Waals surface area contributed by atoms with Crippen molar-refractivity contribution in [3.05, 3.63) is 41.4 Å². The van der Waals surface area contributed by atoms with Gasteiger partial charge in [-0.3, -0.25) is 0 Å². The van der Waals surface area contributed by atoms with Crippen LogP contribution >= 0.6 is 23.1 Å². The van der Waals surface area contributed by atoms with E-state index in [4.69, 9.17) is 5.73 Å². The zero-order valence-corrected chi connectivity index (χ0v) is 10.7. The molecule has 84 valence electrons. The molecule has 0 saturated carbocycles. The molecule has 1 aromatic heterocycles. The van der Waals surface area contributed by atoms with Crippen LogP contribution in [-0.4, -0.2) is 4.98 Å². The minimum atomic E-state index is 0.152. The highest BCUT2D eigenvalue weighted by Crippen LogP contribution is 2.29. The second-order valence-electron chi connectivity index (χ2n) is 3.48. The van der Waals surface area contributed by atoms with Crippen molar-refractivity contribution in [2.45, 2.75) is 28.6 Å². The van der Waals surface area contributed by atoms with Crippen molar-refractivity contribution < 1.29 is 0 Å². The highest BCUT2D eigenvalue weighted by molar-refractivity contribution is 8.01. The van der Waals surface area contributed by atoms with Gasteiger partial charge in [0.15, 0.2) is 4.34 Å². The second kappa shape index (κ2) is 5.48. The number of hydrogen-bond donors (Lipinski definition) is 1. The molecule has 0 aliphatic rings. The van der Waals surface area contributed by atoms with Gasteiger partial charge in [-0.25, -0.2) is 4.98 Å². The van der Waals surface area contributed by atoms with Gasteiger partial charge in [-0.2, -0.15) is 0 Å². The van der Waals surface area contributed by atoms with E-state index in [9.17, 15) is 0 Å². The van der Waals surface area contributed by atoms with E-state index in [1.807, 2.05) is 11.6 Å². The van der Waals surface area contributed by atoms with Gasteiger partial charge in [0.1, 0.15) is 0 Å². The molecule has 0 amide bonds. The third-order valence-electron chi connectivity index (χ3n) is 2.36. The van der Waals surface area contributed by atoms with E-state index < -0.39 is 0 Å². The summed E-state index contributed by atoms with van der Waals surface area (Å²) in [6, 6.07) is 8.57. The van der Waals surface area contributed by atoms with Crippen LogP contribution in [0, 0.1) is 0 Å². The number of benzene rings is 1. The molecule has 2 nitrogen and oxygen atoms in total. The quantitative estimate of drug-likeness (QED) is 0.899. The van der Waals surface area contributed by atoms with E-state index in [0.29, 0.717) is 0 Å². The third-order valence-corrected chi connectivity index (χ3v) is 4.25. The second-order valence-corrected chi connectivity index (χ2v) is 5.70.